The number of carbonyl (C=O) groups excluding carboxylic acids is 1. The highest BCUT2D eigenvalue weighted by molar-refractivity contribution is 7.92. The zero-order chi connectivity index (χ0) is 29.1. The number of ether oxygens (including phenoxy) is 2. The van der Waals surface area contributed by atoms with Crippen molar-refractivity contribution in [2.24, 2.45) is 0 Å². The van der Waals surface area contributed by atoms with E-state index in [0.717, 1.165) is 28.3 Å². The lowest BCUT2D eigenvalue weighted by molar-refractivity contribution is -0.114. The zero-order valence-corrected chi connectivity index (χ0v) is 24.5. The molecule has 1 aliphatic rings. The average molecular weight is 588 g/mol. The Hall–Kier alpha value is -3.61. The molecule has 214 valence electrons. The molecule has 0 aliphatic carbocycles. The Kier molecular flexibility index (Phi) is 8.71. The van der Waals surface area contributed by atoms with Crippen LogP contribution in [0, 0.1) is 13.8 Å². The summed E-state index contributed by atoms with van der Waals surface area (Å²) in [4.78, 5) is 13.2. The lowest BCUT2D eigenvalue weighted by Gasteiger charge is -2.25. The molecule has 40 heavy (non-hydrogen) atoms. The number of benzene rings is 3. The fourth-order valence-corrected chi connectivity index (χ4v) is 7.57. The maximum Gasteiger partial charge on any atom is 0.264 e. The third kappa shape index (κ3) is 6.24. The molecule has 0 atom stereocenters. The van der Waals surface area contributed by atoms with Crippen LogP contribution < -0.4 is 19.1 Å². The lowest BCUT2D eigenvalue weighted by Crippen LogP contribution is -2.38. The quantitative estimate of drug-likeness (QED) is 0.381. The first-order valence-electron chi connectivity index (χ1n) is 12.7. The van der Waals surface area contributed by atoms with E-state index >= 15 is 0 Å². The molecule has 0 spiro atoms. The number of methoxy groups -OCH3 is 2. The molecule has 1 saturated heterocycles. The largest absolute Gasteiger partial charge is 0.493 e. The van der Waals surface area contributed by atoms with Gasteiger partial charge in [0, 0.05) is 24.8 Å². The molecular weight excluding hydrogens is 554 g/mol. The van der Waals surface area contributed by atoms with E-state index in [0.29, 0.717) is 30.2 Å². The molecule has 0 radical (unpaired) electrons. The lowest BCUT2D eigenvalue weighted by atomic mass is 10.1. The Morgan fingerprint density at radius 2 is 1.40 bits per heavy atom. The molecular formula is C28H33N3O7S2. The Balaban J connectivity index is 1.62. The van der Waals surface area contributed by atoms with Crippen LogP contribution in [0.15, 0.2) is 70.5 Å². The van der Waals surface area contributed by atoms with E-state index in [-0.39, 0.29) is 15.5 Å². The molecule has 1 amide bonds. The Labute approximate surface area is 235 Å². The number of carbonyl (C=O) groups is 1. The van der Waals surface area contributed by atoms with Crippen LogP contribution in [0.4, 0.5) is 11.4 Å². The van der Waals surface area contributed by atoms with Gasteiger partial charge in [0.05, 0.1) is 29.7 Å². The molecule has 1 aliphatic heterocycles. The van der Waals surface area contributed by atoms with Crippen molar-refractivity contribution in [1.29, 1.82) is 0 Å². The van der Waals surface area contributed by atoms with E-state index in [1.54, 1.807) is 12.1 Å². The van der Waals surface area contributed by atoms with Gasteiger partial charge in [0.1, 0.15) is 6.54 Å². The third-order valence-electron chi connectivity index (χ3n) is 6.57. The smallest absolute Gasteiger partial charge is 0.264 e. The van der Waals surface area contributed by atoms with Gasteiger partial charge in [-0.2, -0.15) is 4.31 Å². The van der Waals surface area contributed by atoms with Crippen molar-refractivity contribution < 1.29 is 31.1 Å². The Morgan fingerprint density at radius 3 is 1.98 bits per heavy atom. The van der Waals surface area contributed by atoms with Crippen LogP contribution in [0.25, 0.3) is 0 Å². The summed E-state index contributed by atoms with van der Waals surface area (Å²) in [6.07, 6.45) is 1.66. The predicted molar refractivity (Wildman–Crippen MR) is 153 cm³/mol. The van der Waals surface area contributed by atoms with Gasteiger partial charge in [0.15, 0.2) is 11.5 Å². The topological polar surface area (TPSA) is 122 Å². The molecule has 3 aromatic rings. The van der Waals surface area contributed by atoms with Gasteiger partial charge in [-0.1, -0.05) is 6.07 Å². The zero-order valence-electron chi connectivity index (χ0n) is 22.9. The monoisotopic (exact) mass is 587 g/mol. The van der Waals surface area contributed by atoms with Gasteiger partial charge in [0.25, 0.3) is 10.0 Å². The molecule has 12 heteroatoms. The first-order chi connectivity index (χ1) is 18.9. The number of hydrogen-bond acceptors (Lipinski definition) is 7. The number of nitrogens with one attached hydrogen (secondary N) is 1. The molecule has 1 heterocycles. The first kappa shape index (κ1) is 29.4. The fourth-order valence-electron chi connectivity index (χ4n) is 4.63. The highest BCUT2D eigenvalue weighted by atomic mass is 32.2. The van der Waals surface area contributed by atoms with Gasteiger partial charge in [-0.15, -0.1) is 0 Å². The molecule has 0 saturated carbocycles. The predicted octanol–water partition coefficient (Wildman–Crippen LogP) is 3.94. The average Bonchev–Trinajstić information content (AvgIpc) is 3.47. The summed E-state index contributed by atoms with van der Waals surface area (Å²) in [5.41, 5.74) is 2.33. The van der Waals surface area contributed by atoms with Crippen molar-refractivity contribution in [3.05, 3.63) is 71.8 Å². The number of amides is 1. The van der Waals surface area contributed by atoms with Gasteiger partial charge in [0.2, 0.25) is 15.9 Å². The second-order valence-electron chi connectivity index (χ2n) is 9.56. The number of aryl methyl sites for hydroxylation is 2. The van der Waals surface area contributed by atoms with Gasteiger partial charge in [-0.25, -0.2) is 16.8 Å². The second-order valence-corrected chi connectivity index (χ2v) is 13.4. The number of hydrogen-bond donors (Lipinski definition) is 1. The normalized spacial score (nSPS) is 14.1. The third-order valence-corrected chi connectivity index (χ3v) is 10.2. The molecule has 0 bridgehead atoms. The Bertz CT molecular complexity index is 1580. The van der Waals surface area contributed by atoms with Crippen LogP contribution in [0.2, 0.25) is 0 Å². The second kappa shape index (κ2) is 11.9. The van der Waals surface area contributed by atoms with E-state index in [9.17, 15) is 21.6 Å². The molecule has 10 nitrogen and oxygen atoms in total. The van der Waals surface area contributed by atoms with Crippen LogP contribution in [0.3, 0.4) is 0 Å². The number of rotatable bonds is 10. The van der Waals surface area contributed by atoms with E-state index in [4.69, 9.17) is 9.47 Å². The van der Waals surface area contributed by atoms with Crippen LogP contribution in [-0.2, 0) is 24.8 Å². The minimum Gasteiger partial charge on any atom is -0.493 e. The van der Waals surface area contributed by atoms with Crippen LogP contribution in [-0.4, -0.2) is 60.9 Å². The van der Waals surface area contributed by atoms with E-state index in [2.05, 4.69) is 5.32 Å². The summed E-state index contributed by atoms with van der Waals surface area (Å²) < 4.78 is 66.4. The summed E-state index contributed by atoms with van der Waals surface area (Å²) in [5.74, 6) is 0.00284. The van der Waals surface area contributed by atoms with Crippen molar-refractivity contribution in [3.63, 3.8) is 0 Å². The van der Waals surface area contributed by atoms with Gasteiger partial charge >= 0.3 is 0 Å². The van der Waals surface area contributed by atoms with Crippen molar-refractivity contribution in [2.45, 2.75) is 36.5 Å². The summed E-state index contributed by atoms with van der Waals surface area (Å²) in [7, 11) is -4.95. The fraction of sp³-hybridized carbons (Fsp3) is 0.321. The Morgan fingerprint density at radius 1 is 0.825 bits per heavy atom. The summed E-state index contributed by atoms with van der Waals surface area (Å²) in [6, 6.07) is 15.4. The molecule has 3 aromatic carbocycles. The molecule has 1 N–H and O–H groups in total. The standard InChI is InChI=1S/C28H33N3O7S2/c1-20-15-21(2)17-23(16-20)31(40(35,36)25-11-12-26(37-3)27(18-25)38-4)19-28(32)29-22-7-9-24(10-8-22)39(33,34)30-13-5-6-14-30/h7-12,15-18H,5-6,13-14,19H2,1-4H3,(H,29,32). The highest BCUT2D eigenvalue weighted by Crippen LogP contribution is 2.33. The van der Waals surface area contributed by atoms with E-state index < -0.39 is 32.5 Å². The van der Waals surface area contributed by atoms with Crippen molar-refractivity contribution >= 4 is 37.3 Å². The van der Waals surface area contributed by atoms with Crippen molar-refractivity contribution in [3.8, 4) is 11.5 Å². The minimum absolute atomic E-state index is 0.0754. The maximum absolute atomic E-state index is 13.9. The van der Waals surface area contributed by atoms with Gasteiger partial charge in [-0.05, 0) is 86.3 Å². The molecule has 0 unspecified atom stereocenters. The maximum atomic E-state index is 13.9. The minimum atomic E-state index is -4.22. The summed E-state index contributed by atoms with van der Waals surface area (Å²) >= 11 is 0. The highest BCUT2D eigenvalue weighted by Gasteiger charge is 2.30. The molecule has 1 fully saturated rings. The van der Waals surface area contributed by atoms with Crippen LogP contribution in [0.5, 0.6) is 11.5 Å². The SMILES string of the molecule is COc1ccc(S(=O)(=O)N(CC(=O)Nc2ccc(S(=O)(=O)N3CCCC3)cc2)c2cc(C)cc(C)c2)cc1OC. The summed E-state index contributed by atoms with van der Waals surface area (Å²) in [6.45, 7) is 4.14. The molecule has 4 rings (SSSR count). The summed E-state index contributed by atoms with van der Waals surface area (Å²) in [5, 5.41) is 2.69. The number of sulfonamides is 2. The number of anilines is 2. The first-order valence-corrected chi connectivity index (χ1v) is 15.6. The number of nitrogens with zero attached hydrogens (tertiary/aromatic N) is 2. The van der Waals surface area contributed by atoms with E-state index in [1.165, 1.54) is 61.0 Å². The van der Waals surface area contributed by atoms with E-state index in [1.807, 2.05) is 19.9 Å². The van der Waals surface area contributed by atoms with Crippen molar-refractivity contribution in [2.75, 3.05) is 43.5 Å². The van der Waals surface area contributed by atoms with Crippen LogP contribution >= 0.6 is 0 Å². The van der Waals surface area contributed by atoms with Crippen LogP contribution in [0.1, 0.15) is 24.0 Å². The van der Waals surface area contributed by atoms with Crippen molar-refractivity contribution in [1.82, 2.24) is 4.31 Å². The van der Waals surface area contributed by atoms with Gasteiger partial charge in [-0.3, -0.25) is 9.10 Å². The van der Waals surface area contributed by atoms with Gasteiger partial charge < -0.3 is 14.8 Å². The molecule has 0 aromatic heterocycles.